The number of hydrogen-bond donors (Lipinski definition) is 0. The van der Waals surface area contributed by atoms with Gasteiger partial charge in [-0.05, 0) is 182 Å². The largest absolute Gasteiger partial charge is 0.381 e. The summed E-state index contributed by atoms with van der Waals surface area (Å²) in [6.07, 6.45) is 20.1. The summed E-state index contributed by atoms with van der Waals surface area (Å²) in [6, 6.07) is 55.3. The number of hydrogen-bond acceptors (Lipinski definition) is 23. The lowest BCUT2D eigenvalue weighted by Crippen LogP contribution is -1.83. The van der Waals surface area contributed by atoms with Crippen molar-refractivity contribution in [2.24, 2.45) is 0 Å². The molecule has 26 rings (SSSR count). The predicted molar refractivity (Wildman–Crippen MR) is 557 cm³/mol. The summed E-state index contributed by atoms with van der Waals surface area (Å²) in [5, 5.41) is 23.3. The number of halogens is 2. The number of thiophene rings is 20. The minimum absolute atomic E-state index is 0. The number of benzene rings is 3. The van der Waals surface area contributed by atoms with Crippen molar-refractivity contribution in [2.75, 3.05) is 39.6 Å². The van der Waals surface area contributed by atoms with Crippen molar-refractivity contribution in [3.8, 4) is 31.3 Å². The maximum Gasteiger partial charge on any atom is 0.0898 e. The van der Waals surface area contributed by atoms with E-state index in [1.54, 1.807) is 4.88 Å². The molecule has 0 atom stereocenters. The Bertz CT molecular complexity index is 6970. The normalized spacial score (nSPS) is 13.5. The van der Waals surface area contributed by atoms with Crippen LogP contribution in [-0.4, -0.2) is 39.6 Å². The minimum atomic E-state index is 0. The van der Waals surface area contributed by atoms with Crippen LogP contribution in [0.4, 0.5) is 0 Å². The summed E-state index contributed by atoms with van der Waals surface area (Å²) in [7, 11) is 0. The highest BCUT2D eigenvalue weighted by Crippen LogP contribution is 2.56. The standard InChI is InChI=1S/C26H28S4.C16H7BrS4.C16H8S4.C10H3BrS4.C10H4S4.3C4H8O.CH4/c1-2-3-4-5-6-7-8-12-15-19-16-20-23-24(29-25(20)27-19)21-17-22(28-26(21)30-23)18-13-10-9-11-14-18;17-12-7-10-14-13(21-16(10)19-12)9-6-11(18-15(9)20-14)8-4-2-1-3-5-8;1-2-4-9(5-3-1)12-8-11-14-13(20-16(11)18-12)10-6-7-17-15(10)19-14;11-6-3-5-8-7(15-10(5)13-6)4-1-2-12-9(4)14-8;1-3-11-9-5(1)7-8(14-9)6-2-4-12-10(6)13-7;3*1-2-4-5-3-1;/h9-11,13-14,16-17H,2-8,12,15H2,1H3;1-7H;1-8H;1-3H;1-4H;3*1-4H2;1H4. The van der Waals surface area contributed by atoms with Crippen molar-refractivity contribution in [2.45, 2.75) is 111 Å². The summed E-state index contributed by atoms with van der Waals surface area (Å²) >= 11 is 45.6. The zero-order chi connectivity index (χ0) is 77.1. The molecule has 3 aromatic carbocycles. The molecule has 0 saturated carbocycles. The van der Waals surface area contributed by atoms with E-state index in [-0.39, 0.29) is 7.43 Å². The first-order valence-corrected chi connectivity index (χ1v) is 56.8. The predicted octanol–water partition coefficient (Wildman–Crippen LogP) is 40.2. The summed E-state index contributed by atoms with van der Waals surface area (Å²) in [6.45, 7) is 8.29. The monoisotopic (exact) mass is 2020 g/mol. The van der Waals surface area contributed by atoms with Gasteiger partial charge in [0.15, 0.2) is 0 Å². The molecule has 3 aliphatic heterocycles. The second-order valence-electron chi connectivity index (χ2n) is 27.9. The van der Waals surface area contributed by atoms with Crippen LogP contribution < -0.4 is 0 Å². The van der Waals surface area contributed by atoms with E-state index in [0.29, 0.717) is 0 Å². The molecule has 3 nitrogen and oxygen atoms in total. The van der Waals surface area contributed by atoms with E-state index in [2.05, 4.69) is 212 Å². The van der Waals surface area contributed by atoms with Crippen LogP contribution in [0.15, 0.2) is 181 Å². The summed E-state index contributed by atoms with van der Waals surface area (Å²) in [4.78, 5) is 5.74. The Balaban J connectivity index is 0.0000000972. The van der Waals surface area contributed by atoms with Crippen molar-refractivity contribution < 1.29 is 14.2 Å². The third kappa shape index (κ3) is 18.2. The molecule has 0 bridgehead atoms. The second-order valence-corrected chi connectivity index (χ2v) is 53.5. The van der Waals surface area contributed by atoms with E-state index in [1.807, 2.05) is 227 Å². The van der Waals surface area contributed by atoms with Crippen LogP contribution in [-0.2, 0) is 20.6 Å². The van der Waals surface area contributed by atoms with E-state index in [9.17, 15) is 0 Å². The first-order valence-electron chi connectivity index (χ1n) is 38.6. The molecule has 0 spiro atoms. The van der Waals surface area contributed by atoms with Gasteiger partial charge in [-0.1, -0.05) is 150 Å². The van der Waals surface area contributed by atoms with Gasteiger partial charge in [-0.15, -0.1) is 227 Å². The lowest BCUT2D eigenvalue weighted by atomic mass is 10.1. The van der Waals surface area contributed by atoms with Gasteiger partial charge in [0.2, 0.25) is 0 Å². The molecule has 20 aromatic heterocycles. The Labute approximate surface area is 770 Å². The van der Waals surface area contributed by atoms with Gasteiger partial charge in [-0.2, -0.15) is 0 Å². The van der Waals surface area contributed by atoms with Crippen molar-refractivity contribution in [1.29, 1.82) is 0 Å². The summed E-state index contributed by atoms with van der Waals surface area (Å²) < 4.78 is 46.8. The fourth-order valence-corrected chi connectivity index (χ4v) is 42.3. The van der Waals surface area contributed by atoms with Crippen molar-refractivity contribution >= 4 is 400 Å². The van der Waals surface area contributed by atoms with Crippen LogP contribution in [0.5, 0.6) is 0 Å². The number of rotatable bonds is 12. The smallest absolute Gasteiger partial charge is 0.0898 e. The molecule has 23 heterocycles. The highest BCUT2D eigenvalue weighted by molar-refractivity contribution is 9.11. The number of unbranched alkanes of at least 4 members (excludes halogenated alkanes) is 7. The third-order valence-electron chi connectivity index (χ3n) is 20.1. The maximum absolute atomic E-state index is 4.94. The second kappa shape index (κ2) is 39.1. The Morgan fingerprint density at radius 1 is 0.259 bits per heavy atom. The van der Waals surface area contributed by atoms with E-state index >= 15 is 0 Å². The average Bonchev–Trinajstić information content (AvgIpc) is 1.58. The van der Waals surface area contributed by atoms with Gasteiger partial charge in [0.25, 0.3) is 0 Å². The van der Waals surface area contributed by atoms with E-state index in [1.165, 1.54) is 276 Å². The Morgan fingerprint density at radius 2 is 0.517 bits per heavy atom. The summed E-state index contributed by atoms with van der Waals surface area (Å²) in [5.41, 5.74) is 3.98. The molecule has 0 aliphatic carbocycles. The third-order valence-corrected chi connectivity index (χ3v) is 45.8. The van der Waals surface area contributed by atoms with Gasteiger partial charge in [-0.25, -0.2) is 0 Å². The van der Waals surface area contributed by atoms with Crippen LogP contribution in [0.1, 0.15) is 109 Å². The average molecular weight is 2020 g/mol. The lowest BCUT2D eigenvalue weighted by Gasteiger charge is -2.00. The molecule has 0 amide bonds. The van der Waals surface area contributed by atoms with Gasteiger partial charge in [0.05, 0.1) is 94.7 Å². The highest BCUT2D eigenvalue weighted by atomic mass is 79.9. The van der Waals surface area contributed by atoms with E-state index in [4.69, 9.17) is 14.2 Å². The minimum Gasteiger partial charge on any atom is -0.381 e. The van der Waals surface area contributed by atoms with Gasteiger partial charge >= 0.3 is 0 Å². The van der Waals surface area contributed by atoms with Crippen LogP contribution in [0.25, 0.3) is 172 Å². The SMILES string of the molecule is Brc1cc2c(s1)sc1c3cc(-c4ccccc4)sc3sc21.Brc1cc2c(s1)sc1c3ccsc3sc21.C.C1CCOC1.C1CCOC1.C1CCOC1.CCCCCCCCCCc1cc2c(s1)sc1c3cc(-c4ccccc4)sc3sc21.c1cc2c(s1)sc1c3ccsc3sc21.c1ccc(-c2cc3c(s2)sc2c4ccsc4sc32)cc1. The highest BCUT2D eigenvalue weighted by Gasteiger charge is 2.22. The summed E-state index contributed by atoms with van der Waals surface area (Å²) in [5.74, 6) is 0. The molecule has 594 valence electrons. The zero-order valence-corrected chi connectivity index (χ0v) is 81.7. The molecule has 23 aromatic rings. The Morgan fingerprint density at radius 3 is 0.819 bits per heavy atom. The molecule has 0 radical (unpaired) electrons. The van der Waals surface area contributed by atoms with Crippen molar-refractivity contribution in [3.63, 3.8) is 0 Å². The van der Waals surface area contributed by atoms with Gasteiger partial charge in [-0.3, -0.25) is 0 Å². The molecule has 0 N–H and O–H groups in total. The number of fused-ring (bicyclic) bond motifs is 25. The topological polar surface area (TPSA) is 27.7 Å². The Kier molecular flexibility index (Phi) is 28.1. The quantitative estimate of drug-likeness (QED) is 0.114. The first kappa shape index (κ1) is 83.3. The molecule has 3 fully saturated rings. The van der Waals surface area contributed by atoms with Crippen LogP contribution in [0.3, 0.4) is 0 Å². The molecule has 0 unspecified atom stereocenters. The van der Waals surface area contributed by atoms with Crippen molar-refractivity contribution in [3.05, 3.63) is 186 Å². The first-order chi connectivity index (χ1) is 56.8. The molecular formula is C91H78Br2O3S20. The molecule has 25 heteroatoms. The van der Waals surface area contributed by atoms with E-state index in [0.717, 1.165) is 39.6 Å². The zero-order valence-electron chi connectivity index (χ0n) is 62.2. The van der Waals surface area contributed by atoms with E-state index < -0.39 is 0 Å². The number of ether oxygens (including phenoxy) is 3. The van der Waals surface area contributed by atoms with Gasteiger partial charge in [0, 0.05) is 113 Å². The van der Waals surface area contributed by atoms with Gasteiger partial charge in [0.1, 0.15) is 0 Å². The molecule has 3 saturated heterocycles. The Hall–Kier alpha value is -3.60. The molecule has 3 aliphatic rings. The fourth-order valence-electron chi connectivity index (χ4n) is 14.3. The van der Waals surface area contributed by atoms with Crippen LogP contribution >= 0.6 is 259 Å². The molecular weight excluding hydrogens is 1940 g/mol. The van der Waals surface area contributed by atoms with Crippen molar-refractivity contribution in [1.82, 2.24) is 0 Å². The fraction of sp³-hybridized carbons (Fsp3) is 0.253. The van der Waals surface area contributed by atoms with Crippen LogP contribution in [0.2, 0.25) is 0 Å². The van der Waals surface area contributed by atoms with Gasteiger partial charge < -0.3 is 14.2 Å². The number of aryl methyl sites for hydroxylation is 1. The molecule has 116 heavy (non-hydrogen) atoms. The lowest BCUT2D eigenvalue weighted by molar-refractivity contribution is 0.198. The van der Waals surface area contributed by atoms with Crippen LogP contribution in [0, 0.1) is 0 Å². The maximum atomic E-state index is 4.94.